The molecule has 158 valence electrons. The molecule has 4 aliphatic rings. The van der Waals surface area contributed by atoms with Crippen molar-refractivity contribution in [3.8, 4) is 0 Å². The van der Waals surface area contributed by atoms with Crippen molar-refractivity contribution in [1.82, 2.24) is 0 Å². The number of carbonyl (C=O) groups is 1. The molecule has 0 heterocycles. The predicted octanol–water partition coefficient (Wildman–Crippen LogP) is 6.23. The minimum Gasteiger partial charge on any atom is -0.378 e. The summed E-state index contributed by atoms with van der Waals surface area (Å²) in [6.45, 7) is 5.76. The van der Waals surface area contributed by atoms with Crippen LogP contribution in [-0.2, 0) is 16.0 Å². The van der Waals surface area contributed by atoms with Gasteiger partial charge in [0, 0.05) is 11.8 Å². The highest BCUT2D eigenvalue weighted by molar-refractivity contribution is 5.87. The third-order valence-electron chi connectivity index (χ3n) is 9.91. The van der Waals surface area contributed by atoms with Crippen LogP contribution in [0.2, 0.25) is 0 Å². The second-order valence-corrected chi connectivity index (χ2v) is 11.1. The fourth-order valence-corrected chi connectivity index (χ4v) is 8.13. The monoisotopic (exact) mass is 394 g/mol. The van der Waals surface area contributed by atoms with Gasteiger partial charge < -0.3 is 4.74 Å². The maximum atomic E-state index is 12.6. The molecule has 2 heteroatoms. The maximum absolute atomic E-state index is 12.6. The lowest BCUT2D eigenvalue weighted by molar-refractivity contribution is -0.145. The summed E-state index contributed by atoms with van der Waals surface area (Å²) in [6, 6.07) is 10.7. The van der Waals surface area contributed by atoms with Crippen molar-refractivity contribution >= 4 is 5.78 Å². The van der Waals surface area contributed by atoms with Crippen molar-refractivity contribution in [3.63, 3.8) is 0 Å². The summed E-state index contributed by atoms with van der Waals surface area (Å²) in [5, 5.41) is 0. The topological polar surface area (TPSA) is 26.3 Å². The van der Waals surface area contributed by atoms with Crippen LogP contribution in [-0.4, -0.2) is 18.5 Å². The van der Waals surface area contributed by atoms with E-state index in [1.807, 2.05) is 0 Å². The Morgan fingerprint density at radius 2 is 1.79 bits per heavy atom. The lowest BCUT2D eigenvalue weighted by Crippen LogP contribution is -2.54. The first-order chi connectivity index (χ1) is 14.0. The maximum Gasteiger partial charge on any atom is 0.139 e. The summed E-state index contributed by atoms with van der Waals surface area (Å²) < 4.78 is 6.37. The number of ether oxygens (including phenoxy) is 1. The molecule has 0 aromatic heterocycles. The van der Waals surface area contributed by atoms with Crippen molar-refractivity contribution in [2.75, 3.05) is 6.61 Å². The molecule has 0 N–H and O–H groups in total. The smallest absolute Gasteiger partial charge is 0.139 e. The van der Waals surface area contributed by atoms with Crippen LogP contribution in [0.4, 0.5) is 0 Å². The van der Waals surface area contributed by atoms with Gasteiger partial charge in [-0.2, -0.15) is 0 Å². The van der Waals surface area contributed by atoms with E-state index in [4.69, 9.17) is 4.74 Å². The zero-order chi connectivity index (χ0) is 20.1. The Hall–Kier alpha value is -1.15. The normalized spacial score (nSPS) is 44.1. The first kappa shape index (κ1) is 19.8. The Balaban J connectivity index is 1.21. The minimum atomic E-state index is 0.0160. The molecule has 0 radical (unpaired) electrons. The van der Waals surface area contributed by atoms with Crippen LogP contribution in [0.3, 0.4) is 0 Å². The standard InChI is InChI=1S/C27H38O2/c1-26-15-12-21(29-17-14-19-6-4-3-5-7-19)18-20(26)8-9-22-23-10-11-25(28)27(23,2)16-13-24(22)26/h3-7,20-24H,8-18H2,1-2H3/t20?,21-,22-,23-,24-,26-,27-/m0/s1. The molecule has 0 spiro atoms. The number of Topliss-reactive ketones (excluding diaryl/α,β-unsaturated/α-hetero) is 1. The number of rotatable bonds is 4. The van der Waals surface area contributed by atoms with Gasteiger partial charge in [0.15, 0.2) is 0 Å². The van der Waals surface area contributed by atoms with Gasteiger partial charge in [0.25, 0.3) is 0 Å². The second kappa shape index (κ2) is 7.52. The van der Waals surface area contributed by atoms with Crippen molar-refractivity contribution in [2.45, 2.75) is 84.2 Å². The number of benzene rings is 1. The average Bonchev–Trinajstić information content (AvgIpc) is 3.04. The molecule has 0 saturated heterocycles. The molecule has 2 nitrogen and oxygen atoms in total. The fourth-order valence-electron chi connectivity index (χ4n) is 8.13. The lowest BCUT2D eigenvalue weighted by atomic mass is 9.45. The third-order valence-corrected chi connectivity index (χ3v) is 9.91. The van der Waals surface area contributed by atoms with Crippen LogP contribution in [0.15, 0.2) is 30.3 Å². The van der Waals surface area contributed by atoms with E-state index in [0.29, 0.717) is 23.2 Å². The van der Waals surface area contributed by atoms with Gasteiger partial charge in [0.2, 0.25) is 0 Å². The highest BCUT2D eigenvalue weighted by atomic mass is 16.5. The van der Waals surface area contributed by atoms with Crippen molar-refractivity contribution in [1.29, 1.82) is 0 Å². The molecule has 4 saturated carbocycles. The number of hydrogen-bond donors (Lipinski definition) is 0. The van der Waals surface area contributed by atoms with E-state index < -0.39 is 0 Å². The van der Waals surface area contributed by atoms with Crippen LogP contribution < -0.4 is 0 Å². The van der Waals surface area contributed by atoms with Gasteiger partial charge in [-0.25, -0.2) is 0 Å². The van der Waals surface area contributed by atoms with Crippen LogP contribution in [0.5, 0.6) is 0 Å². The molecule has 0 amide bonds. The summed E-state index contributed by atoms with van der Waals surface area (Å²) in [6.07, 6.45) is 12.5. The van der Waals surface area contributed by atoms with Crippen molar-refractivity contribution in [3.05, 3.63) is 35.9 Å². The van der Waals surface area contributed by atoms with Crippen molar-refractivity contribution in [2.24, 2.45) is 34.5 Å². The van der Waals surface area contributed by atoms with Gasteiger partial charge in [-0.1, -0.05) is 44.2 Å². The van der Waals surface area contributed by atoms with Crippen molar-refractivity contribution < 1.29 is 9.53 Å². The number of ketones is 1. The number of hydrogen-bond acceptors (Lipinski definition) is 2. The number of fused-ring (bicyclic) bond motifs is 5. The third kappa shape index (κ3) is 3.30. The first-order valence-corrected chi connectivity index (χ1v) is 12.2. The first-order valence-electron chi connectivity index (χ1n) is 12.2. The van der Waals surface area contributed by atoms with Gasteiger partial charge in [-0.3, -0.25) is 4.79 Å². The zero-order valence-electron chi connectivity index (χ0n) is 18.4. The molecular weight excluding hydrogens is 356 g/mol. The molecular formula is C27H38O2. The van der Waals surface area contributed by atoms with Crippen LogP contribution in [0, 0.1) is 34.5 Å². The van der Waals surface area contributed by atoms with Gasteiger partial charge in [0.05, 0.1) is 12.7 Å². The fraction of sp³-hybridized carbons (Fsp3) is 0.741. The Morgan fingerprint density at radius 3 is 2.62 bits per heavy atom. The van der Waals surface area contributed by atoms with E-state index in [9.17, 15) is 4.79 Å². The van der Waals surface area contributed by atoms with Gasteiger partial charge in [-0.15, -0.1) is 0 Å². The largest absolute Gasteiger partial charge is 0.378 e. The second-order valence-electron chi connectivity index (χ2n) is 11.1. The van der Waals surface area contributed by atoms with Gasteiger partial charge >= 0.3 is 0 Å². The van der Waals surface area contributed by atoms with E-state index in [0.717, 1.165) is 43.6 Å². The van der Waals surface area contributed by atoms with E-state index in [2.05, 4.69) is 44.2 Å². The molecule has 0 aliphatic heterocycles. The highest BCUT2D eigenvalue weighted by Gasteiger charge is 2.60. The molecule has 7 atom stereocenters. The summed E-state index contributed by atoms with van der Waals surface area (Å²) in [7, 11) is 0. The molecule has 1 unspecified atom stereocenters. The van der Waals surface area contributed by atoms with E-state index >= 15 is 0 Å². The van der Waals surface area contributed by atoms with E-state index in [1.54, 1.807) is 0 Å². The molecule has 1 aromatic rings. The summed E-state index contributed by atoms with van der Waals surface area (Å²) in [5.41, 5.74) is 1.88. The molecule has 1 aromatic carbocycles. The van der Waals surface area contributed by atoms with E-state index in [-0.39, 0.29) is 5.41 Å². The van der Waals surface area contributed by atoms with E-state index in [1.165, 1.54) is 50.5 Å². The summed E-state index contributed by atoms with van der Waals surface area (Å²) >= 11 is 0. The van der Waals surface area contributed by atoms with Gasteiger partial charge in [-0.05, 0) is 92.4 Å². The Bertz CT molecular complexity index is 742. The SMILES string of the molecule is C[C@]12CC[C@H](OCCc3ccccc3)CC1CC[C@@H]1[C@@H]2CC[C@]2(C)C(=O)CC[C@@H]12. The Morgan fingerprint density at radius 1 is 0.966 bits per heavy atom. The van der Waals surface area contributed by atoms with Crippen LogP contribution in [0.1, 0.15) is 77.2 Å². The molecule has 0 bridgehead atoms. The van der Waals surface area contributed by atoms with Crippen LogP contribution >= 0.6 is 0 Å². The molecule has 5 rings (SSSR count). The molecule has 4 aliphatic carbocycles. The summed E-state index contributed by atoms with van der Waals surface area (Å²) in [4.78, 5) is 12.6. The quantitative estimate of drug-likeness (QED) is 0.605. The predicted molar refractivity (Wildman–Crippen MR) is 117 cm³/mol. The Labute approximate surface area is 176 Å². The summed E-state index contributed by atoms with van der Waals surface area (Å²) in [5.74, 6) is 3.71. The van der Waals surface area contributed by atoms with Gasteiger partial charge in [0.1, 0.15) is 5.78 Å². The zero-order valence-corrected chi connectivity index (χ0v) is 18.4. The lowest BCUT2D eigenvalue weighted by Gasteiger charge is -2.60. The average molecular weight is 395 g/mol. The highest BCUT2D eigenvalue weighted by Crippen LogP contribution is 2.65. The minimum absolute atomic E-state index is 0.0160. The number of carbonyl (C=O) groups excluding carboxylic acids is 1. The Kier molecular flexibility index (Phi) is 5.13. The molecule has 4 fully saturated rings. The van der Waals surface area contributed by atoms with Crippen LogP contribution in [0.25, 0.3) is 0 Å². The molecule has 29 heavy (non-hydrogen) atoms.